The molecule has 29 heteroatoms. The maximum atomic E-state index is 13.6. The summed E-state index contributed by atoms with van der Waals surface area (Å²) in [6.07, 6.45) is 5.40. The highest BCUT2D eigenvalue weighted by Gasteiger charge is 2.22. The van der Waals surface area contributed by atoms with Crippen molar-refractivity contribution >= 4 is 119 Å². The Balaban J connectivity index is 0.000000185. The van der Waals surface area contributed by atoms with Crippen molar-refractivity contribution in [2.75, 3.05) is 42.3 Å². The van der Waals surface area contributed by atoms with E-state index in [9.17, 15) is 47.9 Å². The van der Waals surface area contributed by atoms with Crippen molar-refractivity contribution in [3.63, 3.8) is 0 Å². The van der Waals surface area contributed by atoms with Gasteiger partial charge in [0.05, 0.1) is 69.2 Å². The van der Waals surface area contributed by atoms with Crippen LogP contribution < -0.4 is 31.2 Å². The van der Waals surface area contributed by atoms with Crippen LogP contribution in [-0.4, -0.2) is 76.1 Å². The Hall–Kier alpha value is -8.95. The molecule has 0 amide bonds. The van der Waals surface area contributed by atoms with Gasteiger partial charge >= 0.3 is 17.1 Å². The first-order chi connectivity index (χ1) is 37.8. The quantitative estimate of drug-likeness (QED) is 0.0341. The summed E-state index contributed by atoms with van der Waals surface area (Å²) in [6.45, 7) is 4.87. The number of nitrogens with one attached hydrogen (secondary N) is 3. The van der Waals surface area contributed by atoms with Crippen molar-refractivity contribution in [1.29, 1.82) is 0 Å². The number of benzene rings is 6. The summed E-state index contributed by atoms with van der Waals surface area (Å²) >= 11 is 17.3. The van der Waals surface area contributed by atoms with Crippen LogP contribution in [0.4, 0.5) is 69.1 Å². The maximum absolute atomic E-state index is 13.6. The van der Waals surface area contributed by atoms with Crippen LogP contribution in [0.1, 0.15) is 26.7 Å². The number of nitro benzene ring substituents is 3. The molecule has 3 aromatic heterocycles. The zero-order valence-electron chi connectivity index (χ0n) is 41.1. The molecular weight excluding hydrogens is 1110 g/mol. The molecule has 0 aliphatic rings. The Morgan fingerprint density at radius 2 is 0.848 bits per heavy atom. The van der Waals surface area contributed by atoms with Crippen molar-refractivity contribution in [2.45, 2.75) is 26.7 Å². The maximum Gasteiger partial charge on any atom is 0.311 e. The van der Waals surface area contributed by atoms with Gasteiger partial charge in [-0.3, -0.25) is 30.3 Å². The van der Waals surface area contributed by atoms with Crippen molar-refractivity contribution in [3.8, 4) is 11.5 Å². The fourth-order valence-corrected chi connectivity index (χ4v) is 7.22. The molecule has 3 heterocycles. The molecule has 22 nitrogen and oxygen atoms in total. The largest absolute Gasteiger partial charge is 0.487 e. The van der Waals surface area contributed by atoms with Gasteiger partial charge in [-0.2, -0.15) is 4.39 Å². The number of fused-ring (bicyclic) bond motifs is 3. The van der Waals surface area contributed by atoms with E-state index in [1.807, 2.05) is 13.8 Å². The third kappa shape index (κ3) is 15.6. The zero-order chi connectivity index (χ0) is 57.3. The Morgan fingerprint density at radius 3 is 1.16 bits per heavy atom. The van der Waals surface area contributed by atoms with Crippen molar-refractivity contribution in [3.05, 3.63) is 179 Å². The second kappa shape index (κ2) is 27.9. The number of aromatic nitrogens is 6. The van der Waals surface area contributed by atoms with Crippen LogP contribution in [0.15, 0.2) is 110 Å². The average Bonchev–Trinajstić information content (AvgIpc) is 3.43. The first-order valence-corrected chi connectivity index (χ1v) is 24.2. The van der Waals surface area contributed by atoms with E-state index >= 15 is 0 Å². The molecule has 0 unspecified atom stereocenters. The number of hydrogen-bond acceptors (Lipinski definition) is 19. The number of nitrogens with two attached hydrogens (primary N) is 1. The van der Waals surface area contributed by atoms with Crippen LogP contribution in [0.2, 0.25) is 15.1 Å². The van der Waals surface area contributed by atoms with Crippen LogP contribution in [-0.2, 0) is 0 Å². The molecule has 0 fully saturated rings. The van der Waals surface area contributed by atoms with Crippen LogP contribution in [0.25, 0.3) is 32.7 Å². The normalized spacial score (nSPS) is 10.6. The lowest BCUT2D eigenvalue weighted by Crippen LogP contribution is -2.11. The second-order valence-corrected chi connectivity index (χ2v) is 17.1. The molecular formula is C50H42Cl3F4N13O9. The summed E-state index contributed by atoms with van der Waals surface area (Å²) in [5.41, 5.74) is 6.77. The standard InChI is InChI=1S/C17H14ClFN4O3.C16H13ClFN5O3.C14H7ClF2N4O2.C3H8O/c1-2-5-26-16-8-14-11(7-15(16)23(24)25)17(21-9-20-14)22-10-3-4-13(19)12(18)6-10;17-11-5-9(1-2-12(11)18)22-16-10-6-14(23(24)25)15(26-4-3-19)7-13(10)20-8-21-16;15-9-3-7(1-2-10(9)16)20-14-8-4-13(21(22)23)11(17)5-12(8)18-6-19-14;1-2-3-4/h3-4,6-9H,2,5H2,1H3,(H,20,21,22);1-2,5-8H,3-4,19H2,(H,20,21,22);1-6H,(H,18,19,20);4H,2-3H2,1H3. The summed E-state index contributed by atoms with van der Waals surface area (Å²) in [5.74, 6) is -1.59. The molecule has 410 valence electrons. The number of halogens is 7. The molecule has 6 N–H and O–H groups in total. The number of aliphatic hydroxyl groups excluding tert-OH is 1. The van der Waals surface area contributed by atoms with Gasteiger partial charge in [0.25, 0.3) is 0 Å². The molecule has 0 aliphatic heterocycles. The number of aliphatic hydroxyl groups is 1. The Kier molecular flexibility index (Phi) is 20.9. The Bertz CT molecular complexity index is 3530. The molecule has 9 aromatic rings. The predicted octanol–water partition coefficient (Wildman–Crippen LogP) is 12.9. The van der Waals surface area contributed by atoms with E-state index in [4.69, 9.17) is 55.1 Å². The minimum atomic E-state index is -0.989. The number of anilines is 6. The molecule has 0 aliphatic carbocycles. The predicted molar refractivity (Wildman–Crippen MR) is 290 cm³/mol. The van der Waals surface area contributed by atoms with Crippen molar-refractivity contribution in [1.82, 2.24) is 29.9 Å². The number of rotatable bonds is 16. The Labute approximate surface area is 459 Å². The van der Waals surface area contributed by atoms with Gasteiger partial charge in [-0.1, -0.05) is 48.7 Å². The molecule has 0 radical (unpaired) electrons. The monoisotopic (exact) mass is 1150 g/mol. The summed E-state index contributed by atoms with van der Waals surface area (Å²) in [6, 6.07) is 19.7. The van der Waals surface area contributed by atoms with E-state index in [1.165, 1.54) is 91.8 Å². The van der Waals surface area contributed by atoms with E-state index in [-0.39, 0.29) is 67.8 Å². The van der Waals surface area contributed by atoms with Crippen molar-refractivity contribution in [2.24, 2.45) is 5.73 Å². The number of hydrogen-bond donors (Lipinski definition) is 5. The van der Waals surface area contributed by atoms with Gasteiger partial charge in [-0.15, -0.1) is 0 Å². The smallest absolute Gasteiger partial charge is 0.311 e. The fraction of sp³-hybridized carbons (Fsp3) is 0.160. The first-order valence-electron chi connectivity index (χ1n) is 23.0. The SMILES string of the molecule is CCCO.CCCOc1cc2ncnc(Nc3ccc(F)c(Cl)c3)c2cc1[N+](=O)[O-].NCCOc1cc2ncnc(Nc3ccc(F)c(Cl)c3)c2cc1[N+](=O)[O-].O=[N+]([O-])c1cc2c(Nc3ccc(F)c(Cl)c3)ncnc2cc1F. The van der Waals surface area contributed by atoms with Crippen LogP contribution in [0.3, 0.4) is 0 Å². The molecule has 0 saturated carbocycles. The number of nitrogens with zero attached hydrogens (tertiary/aromatic N) is 9. The molecule has 0 saturated heterocycles. The van der Waals surface area contributed by atoms with E-state index in [2.05, 4.69) is 45.9 Å². The van der Waals surface area contributed by atoms with E-state index in [0.29, 0.717) is 63.7 Å². The van der Waals surface area contributed by atoms with Crippen LogP contribution >= 0.6 is 34.8 Å². The highest BCUT2D eigenvalue weighted by molar-refractivity contribution is 6.31. The summed E-state index contributed by atoms with van der Waals surface area (Å²) in [5, 5.41) is 51.2. The topological polar surface area (TPSA) is 308 Å². The van der Waals surface area contributed by atoms with Crippen LogP contribution in [0, 0.1) is 53.6 Å². The van der Waals surface area contributed by atoms with Gasteiger partial charge in [-0.25, -0.2) is 43.1 Å². The van der Waals surface area contributed by atoms with Crippen LogP contribution in [0.5, 0.6) is 11.5 Å². The second-order valence-electron chi connectivity index (χ2n) is 15.9. The third-order valence-electron chi connectivity index (χ3n) is 10.3. The first kappa shape index (κ1) is 59.3. The van der Waals surface area contributed by atoms with E-state index in [1.54, 1.807) is 0 Å². The third-order valence-corrected chi connectivity index (χ3v) is 11.2. The minimum Gasteiger partial charge on any atom is -0.487 e. The van der Waals surface area contributed by atoms with Gasteiger partial charge in [0.15, 0.2) is 11.5 Å². The molecule has 9 rings (SSSR count). The lowest BCUT2D eigenvalue weighted by atomic mass is 10.2. The molecule has 6 aromatic carbocycles. The lowest BCUT2D eigenvalue weighted by molar-refractivity contribution is -0.387. The zero-order valence-corrected chi connectivity index (χ0v) is 43.4. The molecule has 0 bridgehead atoms. The number of ether oxygens (including phenoxy) is 2. The highest BCUT2D eigenvalue weighted by Crippen LogP contribution is 2.37. The van der Waals surface area contributed by atoms with Crippen molar-refractivity contribution < 1.29 is 46.9 Å². The van der Waals surface area contributed by atoms with E-state index < -0.39 is 43.7 Å². The van der Waals surface area contributed by atoms with Gasteiger partial charge in [0.2, 0.25) is 5.82 Å². The van der Waals surface area contributed by atoms with E-state index in [0.717, 1.165) is 31.0 Å². The van der Waals surface area contributed by atoms with Gasteiger partial charge in [0, 0.05) is 66.6 Å². The summed E-state index contributed by atoms with van der Waals surface area (Å²) < 4.78 is 64.2. The lowest BCUT2D eigenvalue weighted by Gasteiger charge is -2.11. The van der Waals surface area contributed by atoms with Gasteiger partial charge in [-0.05, 0) is 67.4 Å². The van der Waals surface area contributed by atoms with Gasteiger partial charge in [0.1, 0.15) is 60.5 Å². The Morgan fingerprint density at radius 1 is 0.506 bits per heavy atom. The number of nitro groups is 3. The summed E-state index contributed by atoms with van der Waals surface area (Å²) in [4.78, 5) is 56.0. The average molecular weight is 1150 g/mol. The van der Waals surface area contributed by atoms with Gasteiger partial charge < -0.3 is 36.3 Å². The minimum absolute atomic E-state index is 0.0467. The summed E-state index contributed by atoms with van der Waals surface area (Å²) in [7, 11) is 0. The molecule has 0 atom stereocenters. The highest BCUT2D eigenvalue weighted by atomic mass is 35.5. The molecule has 0 spiro atoms. The molecule has 79 heavy (non-hydrogen) atoms. The fourth-order valence-electron chi connectivity index (χ4n) is 6.68.